The van der Waals surface area contributed by atoms with Crippen LogP contribution in [0.25, 0.3) is 34.2 Å². The van der Waals surface area contributed by atoms with Gasteiger partial charge in [-0.15, -0.1) is 20.4 Å². The third-order valence-electron chi connectivity index (χ3n) is 12.0. The highest BCUT2D eigenvalue weighted by Gasteiger charge is 2.42. The van der Waals surface area contributed by atoms with Gasteiger partial charge in [-0.1, -0.05) is 41.4 Å². The number of aliphatic hydroxyl groups is 2. The van der Waals surface area contributed by atoms with Crippen LogP contribution >= 0.6 is 11.6 Å². The topological polar surface area (TPSA) is 266 Å². The van der Waals surface area contributed by atoms with E-state index in [9.17, 15) is 64.5 Å². The first-order chi connectivity index (χ1) is 37.0. The molecule has 6 heterocycles. The number of carbonyl (C=O) groups excluding carboxylic acids is 2. The Hall–Kier alpha value is -8.51. The molecule has 0 radical (unpaired) electrons. The molecule has 2 amide bonds. The molecule has 0 aliphatic heterocycles. The van der Waals surface area contributed by atoms with Gasteiger partial charge in [-0.25, -0.2) is 47.1 Å². The molecule has 22 nitrogen and oxygen atoms in total. The monoisotopic (exact) mass is 1110 g/mol. The van der Waals surface area contributed by atoms with E-state index < -0.39 is 85.3 Å². The van der Waals surface area contributed by atoms with Gasteiger partial charge in [0.15, 0.2) is 35.5 Å². The largest absolute Gasteiger partial charge is 0.416 e. The Bertz CT molecular complexity index is 3360. The molecule has 408 valence electrons. The normalized spacial score (nSPS) is 17.7. The summed E-state index contributed by atoms with van der Waals surface area (Å²) in [6, 6.07) is 14.3. The summed E-state index contributed by atoms with van der Waals surface area (Å²) in [4.78, 5) is 67.6. The Morgan fingerprint density at radius 1 is 0.641 bits per heavy atom. The molecule has 0 spiro atoms. The molecular weight excluding hydrogens is 1070 g/mol. The Balaban J connectivity index is 0.000000190. The summed E-state index contributed by atoms with van der Waals surface area (Å²) in [6.45, 7) is -0.965. The minimum atomic E-state index is -4.96. The molecule has 0 bridgehead atoms. The summed E-state index contributed by atoms with van der Waals surface area (Å²) < 4.78 is 111. The molecule has 4 N–H and O–H groups in total. The van der Waals surface area contributed by atoms with Gasteiger partial charge in [0.25, 0.3) is 11.8 Å². The van der Waals surface area contributed by atoms with Crippen LogP contribution in [0.1, 0.15) is 50.8 Å². The highest BCUT2D eigenvalue weighted by atomic mass is 35.5. The van der Waals surface area contributed by atoms with Gasteiger partial charge in [-0.3, -0.25) is 28.7 Å². The first kappa shape index (κ1) is 54.3. The van der Waals surface area contributed by atoms with E-state index in [0.29, 0.717) is 20.7 Å². The number of pyridine rings is 2. The number of nitrogens with one attached hydrogen (secondary N) is 2. The molecule has 2 aliphatic rings. The van der Waals surface area contributed by atoms with E-state index in [4.69, 9.17) is 11.6 Å². The van der Waals surface area contributed by atoms with E-state index in [2.05, 4.69) is 51.0 Å². The number of hydrogen-bond acceptors (Lipinski definition) is 14. The number of alkyl halides is 8. The maximum Gasteiger partial charge on any atom is 0.416 e. The number of rotatable bonds is 16. The summed E-state index contributed by atoms with van der Waals surface area (Å²) in [5.41, 5.74) is 0.527. The second-order valence-electron chi connectivity index (χ2n) is 17.9. The Morgan fingerprint density at radius 3 is 1.40 bits per heavy atom. The van der Waals surface area contributed by atoms with Crippen molar-refractivity contribution in [2.75, 3.05) is 0 Å². The van der Waals surface area contributed by atoms with E-state index in [1.165, 1.54) is 83.2 Å². The molecule has 10 rings (SSSR count). The second kappa shape index (κ2) is 21.8. The molecule has 2 saturated carbocycles. The Kier molecular flexibility index (Phi) is 15.2. The lowest BCUT2D eigenvalue weighted by molar-refractivity contribution is -0.207. The van der Waals surface area contributed by atoms with E-state index in [1.807, 2.05) is 6.92 Å². The zero-order valence-corrected chi connectivity index (χ0v) is 40.9. The summed E-state index contributed by atoms with van der Waals surface area (Å²) >= 11 is 5.90. The standard InChI is InChI=1S/C24H22F4N8O3.C23H19ClF4N8O3/c1-13-2-4-14(5-3-13)21-33-35(23(39)34(21)10-19(37)24(26,27)28)11-20-30-12-36(32-20)18-9-29-7-6-15(18)22(38)31-17-8-16(17)25;24-13-3-1-12(2-4-13)20-33-35(22(39)34(20)9-18(37)23(26,27)28)10-19-30-11-36(32-19)17-8-29-6-5-14(17)21(38)31-16-7-15(16)25/h2-7,9,12,16-17,19,37H,8,10-11H2,1H3,(H,31,38);1-6,8,11,15-16,18,37H,7,9-10H2,(H,31,38)/t16-,17+,19-;15-,16+,18+/m01/s1. The van der Waals surface area contributed by atoms with Crippen molar-refractivity contribution in [3.05, 3.63) is 152 Å². The third-order valence-corrected chi connectivity index (χ3v) is 12.3. The molecule has 78 heavy (non-hydrogen) atoms. The number of benzene rings is 2. The van der Waals surface area contributed by atoms with E-state index >= 15 is 0 Å². The zero-order chi connectivity index (χ0) is 55.8. The fraction of sp³-hybridized carbons (Fsp3) is 0.319. The van der Waals surface area contributed by atoms with Crippen LogP contribution < -0.4 is 22.0 Å². The summed E-state index contributed by atoms with van der Waals surface area (Å²) in [7, 11) is 0. The number of halogens is 9. The molecule has 6 atom stereocenters. The van der Waals surface area contributed by atoms with Crippen LogP contribution in [0.4, 0.5) is 35.1 Å². The molecule has 8 aromatic rings. The van der Waals surface area contributed by atoms with Crippen LogP contribution in [-0.4, -0.2) is 139 Å². The van der Waals surface area contributed by atoms with Gasteiger partial charge in [-0.2, -0.15) is 26.3 Å². The van der Waals surface area contributed by atoms with Crippen molar-refractivity contribution in [2.45, 2.75) is 94.9 Å². The van der Waals surface area contributed by atoms with Crippen molar-refractivity contribution < 1.29 is 54.9 Å². The number of amides is 2. The number of hydrogen-bond donors (Lipinski definition) is 4. The first-order valence-corrected chi connectivity index (χ1v) is 23.7. The predicted octanol–water partition coefficient (Wildman–Crippen LogP) is 3.96. The van der Waals surface area contributed by atoms with Crippen LogP contribution in [-0.2, 0) is 26.2 Å². The lowest BCUT2D eigenvalue weighted by atomic mass is 10.1. The van der Waals surface area contributed by atoms with Crippen molar-refractivity contribution in [1.82, 2.24) is 78.8 Å². The van der Waals surface area contributed by atoms with Crippen LogP contribution in [0.3, 0.4) is 0 Å². The van der Waals surface area contributed by atoms with E-state index in [1.54, 1.807) is 24.3 Å². The molecule has 0 saturated heterocycles. The number of aryl methyl sites for hydroxylation is 1. The number of carbonyl (C=O) groups is 2. The lowest BCUT2D eigenvalue weighted by Crippen LogP contribution is -2.37. The van der Waals surface area contributed by atoms with Crippen LogP contribution in [0, 0.1) is 6.92 Å². The third kappa shape index (κ3) is 12.3. The second-order valence-corrected chi connectivity index (χ2v) is 18.3. The summed E-state index contributed by atoms with van der Waals surface area (Å²) in [5.74, 6) is -1.13. The summed E-state index contributed by atoms with van der Waals surface area (Å²) in [6.07, 6.45) is -9.17. The highest BCUT2D eigenvalue weighted by molar-refractivity contribution is 6.30. The quantitative estimate of drug-likeness (QED) is 0.0999. The van der Waals surface area contributed by atoms with Gasteiger partial charge in [0.2, 0.25) is 0 Å². The number of aromatic nitrogens is 14. The number of nitrogens with zero attached hydrogens (tertiary/aromatic N) is 14. The van der Waals surface area contributed by atoms with E-state index in [-0.39, 0.29) is 71.7 Å². The minimum Gasteiger partial charge on any atom is -0.382 e. The average Bonchev–Trinajstić information content (AvgIpc) is 3.93. The number of aliphatic hydroxyl groups excluding tert-OH is 2. The molecule has 6 aromatic heterocycles. The Labute approximate surface area is 437 Å². The van der Waals surface area contributed by atoms with Gasteiger partial charge in [0, 0.05) is 41.4 Å². The van der Waals surface area contributed by atoms with Crippen molar-refractivity contribution in [2.24, 2.45) is 0 Å². The SMILES string of the molecule is Cc1ccc(-c2nn(Cc3ncn(-c4cnccc4C(=O)N[C@@H]4C[C@@H]4F)n3)c(=O)n2C[C@H](O)C(F)(F)F)cc1.O=C(N[C@H]1C[C@H]1F)c1ccncc1-n1cnc(Cn2nc(-c3ccc(Cl)cc3)n(C[C@H](O)C(F)(F)F)c2=O)n1. The van der Waals surface area contributed by atoms with Crippen molar-refractivity contribution in [3.63, 3.8) is 0 Å². The molecular formula is C47H41ClF8N16O6. The predicted molar refractivity (Wildman–Crippen MR) is 256 cm³/mol. The van der Waals surface area contributed by atoms with Gasteiger partial charge < -0.3 is 20.8 Å². The molecule has 2 aliphatic carbocycles. The molecule has 31 heteroatoms. The zero-order valence-electron chi connectivity index (χ0n) is 40.1. The fourth-order valence-electron chi connectivity index (χ4n) is 7.58. The van der Waals surface area contributed by atoms with Crippen molar-refractivity contribution >= 4 is 23.4 Å². The minimum absolute atomic E-state index is 0.0435. The molecule has 2 aromatic carbocycles. The smallest absolute Gasteiger partial charge is 0.382 e. The van der Waals surface area contributed by atoms with Gasteiger partial charge in [-0.05, 0) is 43.3 Å². The molecule has 0 unspecified atom stereocenters. The van der Waals surface area contributed by atoms with Gasteiger partial charge in [0.05, 0.1) is 60.1 Å². The van der Waals surface area contributed by atoms with Crippen LogP contribution in [0.2, 0.25) is 5.02 Å². The Morgan fingerprint density at radius 2 is 1.03 bits per heavy atom. The van der Waals surface area contributed by atoms with Crippen LogP contribution in [0.15, 0.2) is 108 Å². The highest BCUT2D eigenvalue weighted by Crippen LogP contribution is 2.29. The fourth-order valence-corrected chi connectivity index (χ4v) is 7.70. The van der Waals surface area contributed by atoms with Crippen molar-refractivity contribution in [3.8, 4) is 34.2 Å². The maximum atomic E-state index is 13.2. The summed E-state index contributed by atoms with van der Waals surface area (Å²) in [5, 5.41) is 41.6. The van der Waals surface area contributed by atoms with Crippen molar-refractivity contribution in [1.29, 1.82) is 0 Å². The molecule has 2 fully saturated rings. The van der Waals surface area contributed by atoms with Gasteiger partial charge in [0.1, 0.15) is 38.1 Å². The average molecular weight is 1110 g/mol. The van der Waals surface area contributed by atoms with Gasteiger partial charge >= 0.3 is 23.7 Å². The maximum absolute atomic E-state index is 13.2. The first-order valence-electron chi connectivity index (χ1n) is 23.3. The lowest BCUT2D eigenvalue weighted by Gasteiger charge is -2.15. The van der Waals surface area contributed by atoms with Crippen LogP contribution in [0.5, 0.6) is 0 Å². The van der Waals surface area contributed by atoms with E-state index in [0.717, 1.165) is 19.5 Å².